The Kier molecular flexibility index (Phi) is 3.54. The van der Waals surface area contributed by atoms with E-state index in [1.54, 1.807) is 6.20 Å². The van der Waals surface area contributed by atoms with Gasteiger partial charge in [0.05, 0.1) is 18.5 Å². The van der Waals surface area contributed by atoms with E-state index in [2.05, 4.69) is 11.9 Å². The minimum absolute atomic E-state index is 0.480. The monoisotopic (exact) mass is 166 g/mol. The lowest BCUT2D eigenvalue weighted by Crippen LogP contribution is -2.00. The SMILES string of the molecule is CCCOc1ccc(CN)nc1. The molecule has 1 rings (SSSR count). The molecule has 0 saturated carbocycles. The molecule has 0 unspecified atom stereocenters. The van der Waals surface area contributed by atoms with Crippen LogP contribution in [0.15, 0.2) is 18.3 Å². The summed E-state index contributed by atoms with van der Waals surface area (Å²) in [5.41, 5.74) is 6.28. The highest BCUT2D eigenvalue weighted by Crippen LogP contribution is 2.08. The number of nitrogens with two attached hydrogens (primary N) is 1. The Bertz CT molecular complexity index is 220. The number of pyridine rings is 1. The van der Waals surface area contributed by atoms with Crippen molar-refractivity contribution in [1.82, 2.24) is 4.98 Å². The average molecular weight is 166 g/mol. The van der Waals surface area contributed by atoms with Crippen molar-refractivity contribution < 1.29 is 4.74 Å². The van der Waals surface area contributed by atoms with Crippen molar-refractivity contribution in [2.24, 2.45) is 5.73 Å². The molecular formula is C9H14N2O. The molecule has 66 valence electrons. The van der Waals surface area contributed by atoms with Crippen LogP contribution in [0.25, 0.3) is 0 Å². The highest BCUT2D eigenvalue weighted by atomic mass is 16.5. The lowest BCUT2D eigenvalue weighted by Gasteiger charge is -2.03. The van der Waals surface area contributed by atoms with Gasteiger partial charge in [-0.15, -0.1) is 0 Å². The smallest absolute Gasteiger partial charge is 0.137 e. The number of hydrogen-bond donors (Lipinski definition) is 1. The van der Waals surface area contributed by atoms with E-state index in [1.807, 2.05) is 12.1 Å². The Morgan fingerprint density at radius 1 is 1.50 bits per heavy atom. The highest BCUT2D eigenvalue weighted by molar-refractivity contribution is 5.19. The minimum atomic E-state index is 0.480. The first-order valence-corrected chi connectivity index (χ1v) is 4.14. The summed E-state index contributed by atoms with van der Waals surface area (Å²) in [6.07, 6.45) is 2.72. The Morgan fingerprint density at radius 2 is 2.33 bits per heavy atom. The topological polar surface area (TPSA) is 48.1 Å². The maximum Gasteiger partial charge on any atom is 0.137 e. The Hall–Kier alpha value is -1.09. The predicted molar refractivity (Wildman–Crippen MR) is 47.9 cm³/mol. The van der Waals surface area contributed by atoms with Crippen LogP contribution in [-0.4, -0.2) is 11.6 Å². The van der Waals surface area contributed by atoms with Crippen molar-refractivity contribution in [2.45, 2.75) is 19.9 Å². The molecule has 0 aliphatic carbocycles. The van der Waals surface area contributed by atoms with E-state index in [1.165, 1.54) is 0 Å². The first-order chi connectivity index (χ1) is 5.86. The van der Waals surface area contributed by atoms with Gasteiger partial charge in [0.25, 0.3) is 0 Å². The molecule has 0 radical (unpaired) electrons. The standard InChI is InChI=1S/C9H14N2O/c1-2-5-12-9-4-3-8(6-10)11-7-9/h3-4,7H,2,5-6,10H2,1H3. The summed E-state index contributed by atoms with van der Waals surface area (Å²) in [5.74, 6) is 0.814. The van der Waals surface area contributed by atoms with Gasteiger partial charge in [-0.2, -0.15) is 0 Å². The summed E-state index contributed by atoms with van der Waals surface area (Å²) in [5, 5.41) is 0. The second-order valence-corrected chi connectivity index (χ2v) is 2.54. The van der Waals surface area contributed by atoms with E-state index in [4.69, 9.17) is 10.5 Å². The zero-order chi connectivity index (χ0) is 8.81. The van der Waals surface area contributed by atoms with Gasteiger partial charge in [-0.1, -0.05) is 6.92 Å². The van der Waals surface area contributed by atoms with Crippen LogP contribution in [0, 0.1) is 0 Å². The first kappa shape index (κ1) is 9.00. The molecule has 0 aromatic carbocycles. The number of aromatic nitrogens is 1. The molecule has 2 N–H and O–H groups in total. The van der Waals surface area contributed by atoms with E-state index in [0.717, 1.165) is 24.5 Å². The van der Waals surface area contributed by atoms with Crippen LogP contribution in [0.2, 0.25) is 0 Å². The molecule has 0 amide bonds. The van der Waals surface area contributed by atoms with Crippen molar-refractivity contribution in [3.63, 3.8) is 0 Å². The molecule has 3 nitrogen and oxygen atoms in total. The fourth-order valence-corrected chi connectivity index (χ4v) is 0.837. The summed E-state index contributed by atoms with van der Waals surface area (Å²) < 4.78 is 5.35. The molecule has 0 spiro atoms. The van der Waals surface area contributed by atoms with Gasteiger partial charge in [-0.05, 0) is 18.6 Å². The van der Waals surface area contributed by atoms with Crippen molar-refractivity contribution >= 4 is 0 Å². The van der Waals surface area contributed by atoms with E-state index in [9.17, 15) is 0 Å². The lowest BCUT2D eigenvalue weighted by atomic mass is 10.3. The lowest BCUT2D eigenvalue weighted by molar-refractivity contribution is 0.316. The second-order valence-electron chi connectivity index (χ2n) is 2.54. The molecule has 0 fully saturated rings. The third-order valence-corrected chi connectivity index (χ3v) is 1.48. The molecule has 0 aliphatic heterocycles. The van der Waals surface area contributed by atoms with E-state index >= 15 is 0 Å². The van der Waals surface area contributed by atoms with E-state index < -0.39 is 0 Å². The highest BCUT2D eigenvalue weighted by Gasteiger charge is 1.93. The average Bonchev–Trinajstić information content (AvgIpc) is 2.15. The fraction of sp³-hybridized carbons (Fsp3) is 0.444. The van der Waals surface area contributed by atoms with Gasteiger partial charge in [0.15, 0.2) is 0 Å². The van der Waals surface area contributed by atoms with Crippen LogP contribution in [-0.2, 0) is 6.54 Å². The zero-order valence-corrected chi connectivity index (χ0v) is 7.29. The predicted octanol–water partition coefficient (Wildman–Crippen LogP) is 1.33. The molecule has 12 heavy (non-hydrogen) atoms. The van der Waals surface area contributed by atoms with Crippen LogP contribution in [0.1, 0.15) is 19.0 Å². The minimum Gasteiger partial charge on any atom is -0.492 e. The molecule has 1 aromatic heterocycles. The number of rotatable bonds is 4. The number of nitrogens with zero attached hydrogens (tertiary/aromatic N) is 1. The van der Waals surface area contributed by atoms with Crippen molar-refractivity contribution in [3.8, 4) is 5.75 Å². The number of ether oxygens (including phenoxy) is 1. The first-order valence-electron chi connectivity index (χ1n) is 4.14. The molecule has 3 heteroatoms. The summed E-state index contributed by atoms with van der Waals surface area (Å²) in [6.45, 7) is 3.29. The summed E-state index contributed by atoms with van der Waals surface area (Å²) in [6, 6.07) is 3.77. The maximum absolute atomic E-state index is 5.40. The van der Waals surface area contributed by atoms with Gasteiger partial charge in [0.2, 0.25) is 0 Å². The third kappa shape index (κ3) is 2.51. The molecule has 0 saturated heterocycles. The van der Waals surface area contributed by atoms with Crippen LogP contribution in [0.3, 0.4) is 0 Å². The molecule has 0 bridgehead atoms. The maximum atomic E-state index is 5.40. The van der Waals surface area contributed by atoms with Gasteiger partial charge in [-0.3, -0.25) is 4.98 Å². The molecular weight excluding hydrogens is 152 g/mol. The van der Waals surface area contributed by atoms with Crippen molar-refractivity contribution in [3.05, 3.63) is 24.0 Å². The summed E-state index contributed by atoms with van der Waals surface area (Å²) in [7, 11) is 0. The largest absolute Gasteiger partial charge is 0.492 e. The second kappa shape index (κ2) is 4.72. The van der Waals surface area contributed by atoms with Crippen molar-refractivity contribution in [1.29, 1.82) is 0 Å². The third-order valence-electron chi connectivity index (χ3n) is 1.48. The summed E-state index contributed by atoms with van der Waals surface area (Å²) >= 11 is 0. The van der Waals surface area contributed by atoms with Gasteiger partial charge in [-0.25, -0.2) is 0 Å². The van der Waals surface area contributed by atoms with Crippen LogP contribution < -0.4 is 10.5 Å². The van der Waals surface area contributed by atoms with Crippen LogP contribution in [0.5, 0.6) is 5.75 Å². The quantitative estimate of drug-likeness (QED) is 0.734. The fourth-order valence-electron chi connectivity index (χ4n) is 0.837. The molecule has 1 heterocycles. The van der Waals surface area contributed by atoms with E-state index in [0.29, 0.717) is 6.54 Å². The Balaban J connectivity index is 2.53. The normalized spacial score (nSPS) is 9.83. The van der Waals surface area contributed by atoms with Crippen LogP contribution >= 0.6 is 0 Å². The Morgan fingerprint density at radius 3 is 2.83 bits per heavy atom. The zero-order valence-electron chi connectivity index (χ0n) is 7.29. The van der Waals surface area contributed by atoms with Gasteiger partial charge in [0.1, 0.15) is 5.75 Å². The Labute approximate surface area is 72.6 Å². The van der Waals surface area contributed by atoms with Crippen LogP contribution in [0.4, 0.5) is 0 Å². The molecule has 0 atom stereocenters. The summed E-state index contributed by atoms with van der Waals surface area (Å²) in [4.78, 5) is 4.10. The van der Waals surface area contributed by atoms with Gasteiger partial charge < -0.3 is 10.5 Å². The molecule has 1 aromatic rings. The van der Waals surface area contributed by atoms with E-state index in [-0.39, 0.29) is 0 Å². The van der Waals surface area contributed by atoms with Gasteiger partial charge in [0, 0.05) is 6.54 Å². The number of hydrogen-bond acceptors (Lipinski definition) is 3. The molecule has 0 aliphatic rings. The van der Waals surface area contributed by atoms with Gasteiger partial charge >= 0.3 is 0 Å². The van der Waals surface area contributed by atoms with Crippen molar-refractivity contribution in [2.75, 3.05) is 6.61 Å².